The van der Waals surface area contributed by atoms with Gasteiger partial charge >= 0.3 is 0 Å². The van der Waals surface area contributed by atoms with E-state index in [-0.39, 0.29) is 6.42 Å². The summed E-state index contributed by atoms with van der Waals surface area (Å²) in [7, 11) is 0. The lowest BCUT2D eigenvalue weighted by Crippen LogP contribution is -2.08. The molecule has 1 aromatic carbocycles. The highest BCUT2D eigenvalue weighted by Gasteiger charge is 1.96. The third-order valence-corrected chi connectivity index (χ3v) is 2.02. The summed E-state index contributed by atoms with van der Waals surface area (Å²) in [6.45, 7) is 2.03. The van der Waals surface area contributed by atoms with Gasteiger partial charge in [0.1, 0.15) is 0 Å². The monoisotopic (exact) mass is 202 g/mol. The molecule has 0 bridgehead atoms. The molecule has 1 rings (SSSR count). The summed E-state index contributed by atoms with van der Waals surface area (Å²) in [6.07, 6.45) is 0.961. The Labute approximate surface area is 89.5 Å². The molecular weight excluding hydrogens is 188 g/mol. The molecular formula is C12H14N2O. The molecule has 1 amide bonds. The number of carbonyl (C=O) groups excluding carboxylic acids is 1. The molecule has 0 saturated heterocycles. The second kappa shape index (κ2) is 5.06. The van der Waals surface area contributed by atoms with E-state index in [4.69, 9.17) is 11.5 Å². The molecule has 1 aromatic rings. The molecule has 3 heteroatoms. The standard InChI is InChI=1S/C12H14N2O/c1-2-10-8-9(6-7-11(10)13)4-3-5-12(14)15/h6-8H,2,5,13H2,1H3,(H2,14,15). The summed E-state index contributed by atoms with van der Waals surface area (Å²) in [5, 5.41) is 0. The molecule has 78 valence electrons. The fourth-order valence-corrected chi connectivity index (χ4v) is 1.22. The van der Waals surface area contributed by atoms with Gasteiger partial charge in [0.25, 0.3) is 0 Å². The minimum Gasteiger partial charge on any atom is -0.399 e. The topological polar surface area (TPSA) is 69.1 Å². The van der Waals surface area contributed by atoms with E-state index < -0.39 is 5.91 Å². The zero-order valence-corrected chi connectivity index (χ0v) is 8.71. The van der Waals surface area contributed by atoms with Crippen molar-refractivity contribution in [2.24, 2.45) is 5.73 Å². The lowest BCUT2D eigenvalue weighted by Gasteiger charge is -2.02. The summed E-state index contributed by atoms with van der Waals surface area (Å²) in [4.78, 5) is 10.5. The van der Waals surface area contributed by atoms with Crippen molar-refractivity contribution >= 4 is 11.6 Å². The van der Waals surface area contributed by atoms with Crippen LogP contribution < -0.4 is 11.5 Å². The van der Waals surface area contributed by atoms with Gasteiger partial charge in [-0.1, -0.05) is 18.8 Å². The van der Waals surface area contributed by atoms with E-state index in [1.54, 1.807) is 0 Å². The van der Waals surface area contributed by atoms with Gasteiger partial charge in [-0.3, -0.25) is 4.79 Å². The van der Waals surface area contributed by atoms with Gasteiger partial charge in [-0.05, 0) is 30.2 Å². The lowest BCUT2D eigenvalue weighted by atomic mass is 10.1. The lowest BCUT2D eigenvalue weighted by molar-refractivity contribution is -0.117. The number of carbonyl (C=O) groups is 1. The quantitative estimate of drug-likeness (QED) is 0.556. The Morgan fingerprint density at radius 1 is 1.47 bits per heavy atom. The molecule has 0 fully saturated rings. The Hall–Kier alpha value is -1.95. The number of benzene rings is 1. The molecule has 0 spiro atoms. The highest BCUT2D eigenvalue weighted by atomic mass is 16.1. The molecule has 0 radical (unpaired) electrons. The third kappa shape index (κ3) is 3.35. The van der Waals surface area contributed by atoms with Gasteiger partial charge in [0.05, 0.1) is 6.42 Å². The van der Waals surface area contributed by atoms with E-state index in [2.05, 4.69) is 11.8 Å². The van der Waals surface area contributed by atoms with Gasteiger partial charge in [0.2, 0.25) is 5.91 Å². The summed E-state index contributed by atoms with van der Waals surface area (Å²) in [5.74, 6) is 5.17. The molecule has 0 aliphatic carbocycles. The minimum atomic E-state index is -0.409. The zero-order chi connectivity index (χ0) is 11.3. The van der Waals surface area contributed by atoms with Crippen molar-refractivity contribution < 1.29 is 4.79 Å². The number of hydrogen-bond acceptors (Lipinski definition) is 2. The zero-order valence-electron chi connectivity index (χ0n) is 8.71. The first-order valence-electron chi connectivity index (χ1n) is 4.79. The Morgan fingerprint density at radius 3 is 2.80 bits per heavy atom. The average Bonchev–Trinajstić information content (AvgIpc) is 2.20. The van der Waals surface area contributed by atoms with Crippen molar-refractivity contribution in [1.29, 1.82) is 0 Å². The first-order valence-corrected chi connectivity index (χ1v) is 4.79. The van der Waals surface area contributed by atoms with Gasteiger partial charge in [0, 0.05) is 11.3 Å². The Balaban J connectivity index is 2.85. The van der Waals surface area contributed by atoms with Crippen LogP contribution in [0.2, 0.25) is 0 Å². The van der Waals surface area contributed by atoms with E-state index in [0.29, 0.717) is 0 Å². The van der Waals surface area contributed by atoms with Gasteiger partial charge in [-0.25, -0.2) is 0 Å². The molecule has 0 saturated carbocycles. The smallest absolute Gasteiger partial charge is 0.229 e. The van der Waals surface area contributed by atoms with Crippen LogP contribution in [0.15, 0.2) is 18.2 Å². The average molecular weight is 202 g/mol. The van der Waals surface area contributed by atoms with Crippen molar-refractivity contribution in [1.82, 2.24) is 0 Å². The second-order valence-electron chi connectivity index (χ2n) is 3.21. The largest absolute Gasteiger partial charge is 0.399 e. The van der Waals surface area contributed by atoms with Crippen molar-refractivity contribution in [3.05, 3.63) is 29.3 Å². The van der Waals surface area contributed by atoms with Crippen LogP contribution in [0.1, 0.15) is 24.5 Å². The van der Waals surface area contributed by atoms with Gasteiger partial charge in [0.15, 0.2) is 0 Å². The predicted molar refractivity (Wildman–Crippen MR) is 60.9 cm³/mol. The Kier molecular flexibility index (Phi) is 3.75. The van der Waals surface area contributed by atoms with E-state index in [9.17, 15) is 4.79 Å². The highest BCUT2D eigenvalue weighted by Crippen LogP contribution is 2.13. The number of nitrogens with two attached hydrogens (primary N) is 2. The van der Waals surface area contributed by atoms with Crippen LogP contribution in [-0.2, 0) is 11.2 Å². The fourth-order valence-electron chi connectivity index (χ4n) is 1.22. The van der Waals surface area contributed by atoms with Crippen LogP contribution in [0.5, 0.6) is 0 Å². The second-order valence-corrected chi connectivity index (χ2v) is 3.21. The van der Waals surface area contributed by atoms with Crippen LogP contribution in [0.25, 0.3) is 0 Å². The number of nitrogen functional groups attached to an aromatic ring is 1. The molecule has 4 N–H and O–H groups in total. The van der Waals surface area contributed by atoms with Crippen molar-refractivity contribution in [2.75, 3.05) is 5.73 Å². The number of anilines is 1. The molecule has 0 aromatic heterocycles. The van der Waals surface area contributed by atoms with E-state index in [0.717, 1.165) is 23.2 Å². The minimum absolute atomic E-state index is 0.0891. The Morgan fingerprint density at radius 2 is 2.20 bits per heavy atom. The van der Waals surface area contributed by atoms with Gasteiger partial charge in [-0.2, -0.15) is 0 Å². The van der Waals surface area contributed by atoms with Crippen molar-refractivity contribution in [3.8, 4) is 11.8 Å². The number of primary amides is 1. The third-order valence-electron chi connectivity index (χ3n) is 2.02. The SMILES string of the molecule is CCc1cc(C#CCC(N)=O)ccc1N. The first kappa shape index (κ1) is 11.1. The summed E-state index contributed by atoms with van der Waals surface area (Å²) < 4.78 is 0. The number of amides is 1. The van der Waals surface area contributed by atoms with Crippen LogP contribution in [-0.4, -0.2) is 5.91 Å². The van der Waals surface area contributed by atoms with Crippen LogP contribution in [0.3, 0.4) is 0 Å². The number of aryl methyl sites for hydroxylation is 1. The maximum Gasteiger partial charge on any atom is 0.229 e. The van der Waals surface area contributed by atoms with E-state index in [1.807, 2.05) is 25.1 Å². The number of hydrogen-bond donors (Lipinski definition) is 2. The normalized spacial score (nSPS) is 9.13. The van der Waals surface area contributed by atoms with Crippen molar-refractivity contribution in [2.45, 2.75) is 19.8 Å². The van der Waals surface area contributed by atoms with E-state index in [1.165, 1.54) is 0 Å². The van der Waals surface area contributed by atoms with Crippen LogP contribution >= 0.6 is 0 Å². The molecule has 0 atom stereocenters. The summed E-state index contributed by atoms with van der Waals surface area (Å²) in [5.41, 5.74) is 13.4. The maximum atomic E-state index is 10.5. The van der Waals surface area contributed by atoms with E-state index >= 15 is 0 Å². The molecule has 0 aliphatic rings. The predicted octanol–water partition coefficient (Wildman–Crippen LogP) is 1.06. The first-order chi connectivity index (χ1) is 7.13. The maximum absolute atomic E-state index is 10.5. The fraction of sp³-hybridized carbons (Fsp3) is 0.250. The molecule has 0 heterocycles. The van der Waals surface area contributed by atoms with Crippen molar-refractivity contribution in [3.63, 3.8) is 0 Å². The Bertz CT molecular complexity index is 427. The van der Waals surface area contributed by atoms with Crippen LogP contribution in [0.4, 0.5) is 5.69 Å². The van der Waals surface area contributed by atoms with Gasteiger partial charge in [-0.15, -0.1) is 0 Å². The molecule has 0 aliphatic heterocycles. The summed E-state index contributed by atoms with van der Waals surface area (Å²) in [6, 6.07) is 5.60. The molecule has 3 nitrogen and oxygen atoms in total. The highest BCUT2D eigenvalue weighted by molar-refractivity contribution is 5.76. The number of rotatable bonds is 2. The molecule has 0 unspecified atom stereocenters. The summed E-state index contributed by atoms with van der Waals surface area (Å²) >= 11 is 0. The van der Waals surface area contributed by atoms with Crippen LogP contribution in [0, 0.1) is 11.8 Å². The van der Waals surface area contributed by atoms with Gasteiger partial charge < -0.3 is 11.5 Å². The molecule has 15 heavy (non-hydrogen) atoms.